The number of carbonyl (C=O) groups is 1. The first kappa shape index (κ1) is 26.0. The number of benzene rings is 2. The van der Waals surface area contributed by atoms with E-state index in [2.05, 4.69) is 41.3 Å². The summed E-state index contributed by atoms with van der Waals surface area (Å²) in [6.07, 6.45) is 8.01. The predicted molar refractivity (Wildman–Crippen MR) is 162 cm³/mol. The molecular weight excluding hydrogens is 546 g/mol. The summed E-state index contributed by atoms with van der Waals surface area (Å²) >= 11 is 0. The first-order valence-corrected chi connectivity index (χ1v) is 14.9. The Bertz CT molecular complexity index is 1900. The summed E-state index contributed by atoms with van der Waals surface area (Å²) in [4.78, 5) is 33.8. The highest BCUT2D eigenvalue weighted by molar-refractivity contribution is 5.97. The van der Waals surface area contributed by atoms with Crippen molar-refractivity contribution in [3.63, 3.8) is 0 Å². The van der Waals surface area contributed by atoms with Crippen LogP contribution >= 0.6 is 0 Å². The number of aliphatic hydroxyl groups is 1. The number of fused-ring (bicyclic) bond motifs is 6. The molecule has 43 heavy (non-hydrogen) atoms. The summed E-state index contributed by atoms with van der Waals surface area (Å²) in [6, 6.07) is 14.2. The van der Waals surface area contributed by atoms with E-state index in [1.807, 2.05) is 12.1 Å². The number of ether oxygens (including phenoxy) is 3. The number of hydrogen-bond acceptors (Lipinski definition) is 8. The smallest absolute Gasteiger partial charge is 0.343 e. The fourth-order valence-corrected chi connectivity index (χ4v) is 6.82. The predicted octanol–water partition coefficient (Wildman–Crippen LogP) is 4.97. The molecule has 0 saturated carbocycles. The molecule has 0 unspecified atom stereocenters. The molecule has 0 amide bonds. The maximum Gasteiger partial charge on any atom is 0.343 e. The molecule has 0 bridgehead atoms. The summed E-state index contributed by atoms with van der Waals surface area (Å²) in [6.45, 7) is 4.18. The van der Waals surface area contributed by atoms with E-state index in [0.717, 1.165) is 35.2 Å². The second-order valence-electron chi connectivity index (χ2n) is 11.7. The van der Waals surface area contributed by atoms with Crippen LogP contribution in [0.3, 0.4) is 0 Å². The molecule has 9 nitrogen and oxygen atoms in total. The average Bonchev–Trinajstić information content (AvgIpc) is 3.65. The lowest BCUT2D eigenvalue weighted by atomic mass is 9.86. The van der Waals surface area contributed by atoms with Gasteiger partial charge in [0.05, 0.1) is 29.0 Å². The number of piperidine rings is 1. The fraction of sp³-hybridized carbons (Fsp3) is 0.324. The third-order valence-corrected chi connectivity index (χ3v) is 9.28. The second-order valence-corrected chi connectivity index (χ2v) is 11.7. The molecule has 2 aromatic carbocycles. The SMILES string of the molecule is CC[C@@]1(O)C(=O)OCc2c1cc1n(c2=O)Cc2c-1nc1cc3c(cc1c2C=Cc1ccc(N2CCCCC2)cc1)OCO3. The molecule has 1 atom stereocenters. The molecule has 0 radical (unpaired) electrons. The van der Waals surface area contributed by atoms with Gasteiger partial charge in [0.25, 0.3) is 5.56 Å². The number of rotatable bonds is 4. The number of anilines is 1. The summed E-state index contributed by atoms with van der Waals surface area (Å²) < 4.78 is 18.2. The zero-order valence-corrected chi connectivity index (χ0v) is 23.9. The number of pyridine rings is 2. The molecule has 0 spiro atoms. The molecule has 4 aromatic rings. The maximum atomic E-state index is 13.8. The standard InChI is InChI=1S/C34H31N3O6/c1-2-34(40)26-15-28-31-24(17-37(28)32(38)25(26)18-41-33(34)39)22(23-14-29-30(43-19-42-29)16-27(23)35-31)11-8-20-6-9-21(10-7-20)36-12-4-3-5-13-36/h6-11,14-16,40H,2-5,12-13,17-19H2,1H3/t34-/m0/s1. The Morgan fingerprint density at radius 2 is 1.72 bits per heavy atom. The Morgan fingerprint density at radius 1 is 0.953 bits per heavy atom. The maximum absolute atomic E-state index is 13.8. The summed E-state index contributed by atoms with van der Waals surface area (Å²) in [7, 11) is 0. The third kappa shape index (κ3) is 3.98. The number of carbonyl (C=O) groups excluding carboxylic acids is 1. The van der Waals surface area contributed by atoms with Gasteiger partial charge in [-0.15, -0.1) is 0 Å². The van der Waals surface area contributed by atoms with Crippen molar-refractivity contribution >= 4 is 34.7 Å². The fourth-order valence-electron chi connectivity index (χ4n) is 6.82. The highest BCUT2D eigenvalue weighted by Gasteiger charge is 2.45. The minimum Gasteiger partial charge on any atom is -0.458 e. The lowest BCUT2D eigenvalue weighted by Crippen LogP contribution is -2.44. The van der Waals surface area contributed by atoms with Gasteiger partial charge in [0.15, 0.2) is 17.1 Å². The van der Waals surface area contributed by atoms with Crippen LogP contribution in [0.2, 0.25) is 0 Å². The molecule has 2 aromatic heterocycles. The van der Waals surface area contributed by atoms with Gasteiger partial charge in [0.1, 0.15) is 6.61 Å². The summed E-state index contributed by atoms with van der Waals surface area (Å²) in [5.74, 6) is 0.535. The highest BCUT2D eigenvalue weighted by atomic mass is 16.7. The zero-order chi connectivity index (χ0) is 29.3. The second kappa shape index (κ2) is 9.70. The van der Waals surface area contributed by atoms with Crippen molar-refractivity contribution in [1.82, 2.24) is 9.55 Å². The van der Waals surface area contributed by atoms with Gasteiger partial charge in [-0.3, -0.25) is 4.79 Å². The summed E-state index contributed by atoms with van der Waals surface area (Å²) in [5, 5.41) is 12.1. The average molecular weight is 578 g/mol. The van der Waals surface area contributed by atoms with E-state index in [4.69, 9.17) is 19.2 Å². The molecule has 0 aliphatic carbocycles. The van der Waals surface area contributed by atoms with Crippen LogP contribution in [0.1, 0.15) is 60.4 Å². The summed E-state index contributed by atoms with van der Waals surface area (Å²) in [5.41, 5.74) is 4.47. The molecule has 1 fully saturated rings. The van der Waals surface area contributed by atoms with Crippen LogP contribution in [0.5, 0.6) is 11.5 Å². The minimum atomic E-state index is -1.88. The van der Waals surface area contributed by atoms with Crippen molar-refractivity contribution in [2.24, 2.45) is 0 Å². The Hall–Kier alpha value is -4.63. The van der Waals surface area contributed by atoms with Crippen molar-refractivity contribution in [1.29, 1.82) is 0 Å². The first-order valence-electron chi connectivity index (χ1n) is 14.9. The van der Waals surface area contributed by atoms with Crippen molar-refractivity contribution in [3.05, 3.63) is 80.6 Å². The minimum absolute atomic E-state index is 0.0910. The number of cyclic esters (lactones) is 1. The topological polar surface area (TPSA) is 103 Å². The number of nitrogens with zero attached hydrogens (tertiary/aromatic N) is 3. The van der Waals surface area contributed by atoms with Crippen molar-refractivity contribution in [3.8, 4) is 22.9 Å². The lowest BCUT2D eigenvalue weighted by molar-refractivity contribution is -0.172. The van der Waals surface area contributed by atoms with Gasteiger partial charge in [-0.05, 0) is 61.1 Å². The molecular formula is C34H31N3O6. The van der Waals surface area contributed by atoms with Crippen LogP contribution in [0.25, 0.3) is 34.4 Å². The van der Waals surface area contributed by atoms with Crippen LogP contribution in [-0.4, -0.2) is 40.5 Å². The van der Waals surface area contributed by atoms with Gasteiger partial charge >= 0.3 is 5.97 Å². The highest BCUT2D eigenvalue weighted by Crippen LogP contribution is 2.43. The molecule has 9 heteroatoms. The Morgan fingerprint density at radius 3 is 2.49 bits per heavy atom. The van der Waals surface area contributed by atoms with E-state index in [9.17, 15) is 14.7 Å². The van der Waals surface area contributed by atoms with E-state index < -0.39 is 11.6 Å². The largest absolute Gasteiger partial charge is 0.458 e. The molecule has 1 N–H and O–H groups in total. The van der Waals surface area contributed by atoms with Gasteiger partial charge < -0.3 is 28.8 Å². The van der Waals surface area contributed by atoms with E-state index in [1.54, 1.807) is 17.6 Å². The number of aromatic nitrogens is 2. The molecule has 4 aliphatic rings. The van der Waals surface area contributed by atoms with E-state index in [1.165, 1.54) is 24.9 Å². The molecule has 4 aliphatic heterocycles. The lowest BCUT2D eigenvalue weighted by Gasteiger charge is -2.31. The normalized spacial score (nSPS) is 20.3. The van der Waals surface area contributed by atoms with Crippen LogP contribution in [0.15, 0.2) is 47.3 Å². The van der Waals surface area contributed by atoms with Crippen LogP contribution in [0.4, 0.5) is 5.69 Å². The van der Waals surface area contributed by atoms with Gasteiger partial charge in [0, 0.05) is 41.4 Å². The monoisotopic (exact) mass is 577 g/mol. The van der Waals surface area contributed by atoms with E-state index in [-0.39, 0.29) is 25.4 Å². The molecule has 8 rings (SSSR count). The zero-order valence-electron chi connectivity index (χ0n) is 23.9. The van der Waals surface area contributed by atoms with Gasteiger partial charge in [-0.25, -0.2) is 9.78 Å². The van der Waals surface area contributed by atoms with Crippen LogP contribution < -0.4 is 19.9 Å². The number of esters is 1. The molecule has 1 saturated heterocycles. The third-order valence-electron chi connectivity index (χ3n) is 9.28. The molecule has 6 heterocycles. The Kier molecular flexibility index (Phi) is 5.88. The van der Waals surface area contributed by atoms with Crippen LogP contribution in [-0.2, 0) is 28.3 Å². The quantitative estimate of drug-likeness (QED) is 0.299. The van der Waals surface area contributed by atoms with Crippen molar-refractivity contribution < 1.29 is 24.1 Å². The first-order chi connectivity index (χ1) is 20.9. The van der Waals surface area contributed by atoms with Crippen molar-refractivity contribution in [2.45, 2.75) is 51.4 Å². The number of hydrogen-bond donors (Lipinski definition) is 1. The Balaban J connectivity index is 1.27. The van der Waals surface area contributed by atoms with Gasteiger partial charge in [-0.1, -0.05) is 31.2 Å². The van der Waals surface area contributed by atoms with Gasteiger partial charge in [0.2, 0.25) is 6.79 Å². The molecule has 218 valence electrons. The van der Waals surface area contributed by atoms with Crippen LogP contribution in [0, 0.1) is 0 Å². The van der Waals surface area contributed by atoms with E-state index >= 15 is 0 Å². The van der Waals surface area contributed by atoms with Crippen molar-refractivity contribution in [2.75, 3.05) is 24.8 Å². The van der Waals surface area contributed by atoms with Gasteiger partial charge in [-0.2, -0.15) is 0 Å². The van der Waals surface area contributed by atoms with E-state index in [0.29, 0.717) is 46.1 Å². The Labute approximate surface area is 247 Å².